The number of para-hydroxylation sites is 2. The third-order valence-electron chi connectivity index (χ3n) is 6.43. The molecule has 0 N–H and O–H groups in total. The fourth-order valence-corrected chi connectivity index (χ4v) is 4.96. The van der Waals surface area contributed by atoms with Crippen LogP contribution < -0.4 is 9.64 Å². The molecule has 0 radical (unpaired) electrons. The maximum atomic E-state index is 14.0. The van der Waals surface area contributed by atoms with Crippen molar-refractivity contribution in [3.05, 3.63) is 65.7 Å². The second-order valence-corrected chi connectivity index (χ2v) is 8.06. The van der Waals surface area contributed by atoms with Crippen LogP contribution in [0.25, 0.3) is 5.57 Å². The van der Waals surface area contributed by atoms with Gasteiger partial charge in [-0.3, -0.25) is 9.59 Å². The number of methoxy groups -OCH3 is 1. The van der Waals surface area contributed by atoms with Crippen LogP contribution in [0, 0.1) is 33.5 Å². The van der Waals surface area contributed by atoms with Crippen molar-refractivity contribution >= 4 is 29.0 Å². The summed E-state index contributed by atoms with van der Waals surface area (Å²) in [7, 11) is 1.41. The van der Waals surface area contributed by atoms with Gasteiger partial charge in [-0.2, -0.15) is 10.5 Å². The van der Waals surface area contributed by atoms with Gasteiger partial charge in [-0.1, -0.05) is 42.5 Å². The Kier molecular flexibility index (Phi) is 5.68. The van der Waals surface area contributed by atoms with Crippen molar-refractivity contribution in [2.45, 2.75) is 19.8 Å². The molecular formula is C26H21N3O5. The van der Waals surface area contributed by atoms with E-state index in [1.165, 1.54) is 7.11 Å². The molecule has 1 heterocycles. The van der Waals surface area contributed by atoms with Gasteiger partial charge in [-0.25, -0.2) is 9.69 Å². The Bertz CT molecular complexity index is 1290. The molecule has 2 aliphatic rings. The molecule has 0 aromatic heterocycles. The number of allylic oxidation sites excluding steroid dienone is 1. The summed E-state index contributed by atoms with van der Waals surface area (Å²) in [6.07, 6.45) is -0.683. The summed E-state index contributed by atoms with van der Waals surface area (Å²) in [6, 6.07) is 19.1. The van der Waals surface area contributed by atoms with Gasteiger partial charge in [0.15, 0.2) is 5.41 Å². The van der Waals surface area contributed by atoms with Crippen LogP contribution in [0.2, 0.25) is 0 Å². The van der Waals surface area contributed by atoms with E-state index in [1.807, 2.05) is 12.1 Å². The molecule has 8 heteroatoms. The zero-order valence-corrected chi connectivity index (χ0v) is 18.7. The Labute approximate surface area is 196 Å². The molecule has 4 rings (SSSR count). The fourth-order valence-electron chi connectivity index (χ4n) is 4.96. The van der Waals surface area contributed by atoms with Gasteiger partial charge < -0.3 is 9.47 Å². The quantitative estimate of drug-likeness (QED) is 0.500. The van der Waals surface area contributed by atoms with E-state index >= 15 is 0 Å². The zero-order chi connectivity index (χ0) is 24.5. The van der Waals surface area contributed by atoms with Gasteiger partial charge in [0.2, 0.25) is 11.8 Å². The number of ether oxygens (including phenoxy) is 2. The maximum absolute atomic E-state index is 14.0. The second kappa shape index (κ2) is 8.49. The van der Waals surface area contributed by atoms with Gasteiger partial charge in [0.1, 0.15) is 5.75 Å². The predicted molar refractivity (Wildman–Crippen MR) is 121 cm³/mol. The predicted octanol–water partition coefficient (Wildman–Crippen LogP) is 3.40. The molecule has 2 aromatic rings. The number of anilines is 1. The van der Waals surface area contributed by atoms with E-state index in [1.54, 1.807) is 61.5 Å². The van der Waals surface area contributed by atoms with Gasteiger partial charge in [0.05, 0.1) is 37.0 Å². The number of imide groups is 1. The van der Waals surface area contributed by atoms with E-state index in [9.17, 15) is 24.9 Å². The number of carbonyl (C=O) groups excluding carboxylic acids is 3. The van der Waals surface area contributed by atoms with Crippen molar-refractivity contribution < 1.29 is 23.9 Å². The summed E-state index contributed by atoms with van der Waals surface area (Å²) in [6.45, 7) is 1.71. The highest BCUT2D eigenvalue weighted by atomic mass is 16.5. The number of benzene rings is 2. The third-order valence-corrected chi connectivity index (χ3v) is 6.43. The van der Waals surface area contributed by atoms with E-state index in [0.717, 1.165) is 4.90 Å². The van der Waals surface area contributed by atoms with Crippen LogP contribution in [0.3, 0.4) is 0 Å². The van der Waals surface area contributed by atoms with Crippen molar-refractivity contribution in [2.24, 2.45) is 10.8 Å². The van der Waals surface area contributed by atoms with E-state index < -0.39 is 35.0 Å². The van der Waals surface area contributed by atoms with Gasteiger partial charge >= 0.3 is 5.97 Å². The monoisotopic (exact) mass is 455 g/mol. The minimum Gasteiger partial charge on any atom is -0.495 e. The first-order chi connectivity index (χ1) is 16.4. The molecule has 1 unspecified atom stereocenters. The average molecular weight is 455 g/mol. The van der Waals surface area contributed by atoms with E-state index in [-0.39, 0.29) is 29.9 Å². The van der Waals surface area contributed by atoms with Crippen LogP contribution in [0.4, 0.5) is 5.69 Å². The zero-order valence-electron chi connectivity index (χ0n) is 18.7. The lowest BCUT2D eigenvalue weighted by atomic mass is 9.62. The number of esters is 1. The largest absolute Gasteiger partial charge is 0.495 e. The highest BCUT2D eigenvalue weighted by Crippen LogP contribution is 2.64. The summed E-state index contributed by atoms with van der Waals surface area (Å²) in [5, 5.41) is 20.8. The Morgan fingerprint density at radius 1 is 1.03 bits per heavy atom. The second-order valence-electron chi connectivity index (χ2n) is 8.06. The lowest BCUT2D eigenvalue weighted by Crippen LogP contribution is -2.44. The molecule has 1 spiro atoms. The highest BCUT2D eigenvalue weighted by molar-refractivity contribution is 6.26. The van der Waals surface area contributed by atoms with E-state index in [0.29, 0.717) is 11.3 Å². The minimum absolute atomic E-state index is 0.0548. The standard InChI is InChI=1S/C26H21N3O5/c1-3-34-23(31)18-13-25(26(15-27,16-28)22(18)17-9-5-4-6-10-17)14-21(30)29(24(25)32)19-11-7-8-12-20(19)33-2/h4-12H,3,13-14H2,1-2H3. The van der Waals surface area contributed by atoms with Gasteiger partial charge in [0, 0.05) is 17.6 Å². The normalized spacial score (nSPS) is 20.9. The third kappa shape index (κ3) is 3.00. The number of hydrogen-bond donors (Lipinski definition) is 0. The topological polar surface area (TPSA) is 120 Å². The SMILES string of the molecule is CCOC(=O)C1=C(c2ccccc2)C(C#N)(C#N)C2(CC(=O)N(c3ccccc3OC)C2=O)C1. The summed E-state index contributed by atoms with van der Waals surface area (Å²) in [5.41, 5.74) is -3.05. The highest BCUT2D eigenvalue weighted by Gasteiger charge is 2.71. The number of amides is 2. The van der Waals surface area contributed by atoms with Crippen LogP contribution in [0.1, 0.15) is 25.3 Å². The number of hydrogen-bond acceptors (Lipinski definition) is 7. The number of nitrogens with zero attached hydrogens (tertiary/aromatic N) is 3. The maximum Gasteiger partial charge on any atom is 0.334 e. The minimum atomic E-state index is -2.08. The van der Waals surface area contributed by atoms with Crippen LogP contribution in [-0.2, 0) is 19.1 Å². The Morgan fingerprint density at radius 2 is 1.68 bits per heavy atom. The average Bonchev–Trinajstić information content (AvgIpc) is 3.30. The first-order valence-corrected chi connectivity index (χ1v) is 10.7. The van der Waals surface area contributed by atoms with Crippen molar-refractivity contribution in [2.75, 3.05) is 18.6 Å². The van der Waals surface area contributed by atoms with Crippen LogP contribution in [-0.4, -0.2) is 31.5 Å². The van der Waals surface area contributed by atoms with Gasteiger partial charge in [-0.15, -0.1) is 0 Å². The molecule has 34 heavy (non-hydrogen) atoms. The summed E-state index contributed by atoms with van der Waals surface area (Å²) in [4.78, 5) is 41.2. The van der Waals surface area contributed by atoms with Gasteiger partial charge in [-0.05, 0) is 31.0 Å². The van der Waals surface area contributed by atoms with Gasteiger partial charge in [0.25, 0.3) is 0 Å². The molecule has 0 saturated carbocycles. The molecule has 2 aromatic carbocycles. The first kappa shape index (κ1) is 22.8. The fraction of sp³-hybridized carbons (Fsp3) is 0.269. The van der Waals surface area contributed by atoms with E-state index in [2.05, 4.69) is 0 Å². The smallest absolute Gasteiger partial charge is 0.334 e. The van der Waals surface area contributed by atoms with Crippen molar-refractivity contribution in [3.63, 3.8) is 0 Å². The van der Waals surface area contributed by atoms with Crippen LogP contribution >= 0.6 is 0 Å². The Hall–Kier alpha value is -4.43. The van der Waals surface area contributed by atoms with Crippen LogP contribution in [0.5, 0.6) is 5.75 Å². The Morgan fingerprint density at radius 3 is 2.29 bits per heavy atom. The molecule has 1 aliphatic carbocycles. The number of carbonyl (C=O) groups is 3. The lowest BCUT2D eigenvalue weighted by molar-refractivity contribution is -0.138. The summed E-state index contributed by atoms with van der Waals surface area (Å²) < 4.78 is 10.6. The number of rotatable bonds is 5. The molecule has 1 saturated heterocycles. The Balaban J connectivity index is 1.96. The number of nitriles is 2. The van der Waals surface area contributed by atoms with Crippen molar-refractivity contribution in [1.82, 2.24) is 0 Å². The molecule has 170 valence electrons. The summed E-state index contributed by atoms with van der Waals surface area (Å²) >= 11 is 0. The molecule has 1 aliphatic heterocycles. The molecule has 2 amide bonds. The van der Waals surface area contributed by atoms with E-state index in [4.69, 9.17) is 9.47 Å². The lowest BCUT2D eigenvalue weighted by Gasteiger charge is -2.33. The van der Waals surface area contributed by atoms with Crippen molar-refractivity contribution in [1.29, 1.82) is 10.5 Å². The molecule has 1 fully saturated rings. The molecular weight excluding hydrogens is 434 g/mol. The molecule has 1 atom stereocenters. The molecule has 8 nitrogen and oxygen atoms in total. The van der Waals surface area contributed by atoms with Crippen molar-refractivity contribution in [3.8, 4) is 17.9 Å². The first-order valence-electron chi connectivity index (χ1n) is 10.7. The van der Waals surface area contributed by atoms with Crippen LogP contribution in [0.15, 0.2) is 60.2 Å². The molecule has 0 bridgehead atoms. The summed E-state index contributed by atoms with van der Waals surface area (Å²) in [5.74, 6) is -1.73.